The van der Waals surface area contributed by atoms with Crippen LogP contribution in [0.4, 0.5) is 0 Å². The second-order valence-electron chi connectivity index (χ2n) is 6.02. The summed E-state index contributed by atoms with van der Waals surface area (Å²) in [6.07, 6.45) is 7.41. The minimum Gasteiger partial charge on any atom is -0.482 e. The van der Waals surface area contributed by atoms with Gasteiger partial charge in [-0.25, -0.2) is 0 Å². The Balaban J connectivity index is 1.97. The number of halogens is 1. The maximum atomic E-state index is 12.6. The van der Waals surface area contributed by atoms with Gasteiger partial charge in [-0.15, -0.1) is 0 Å². The molecule has 0 atom stereocenters. The lowest BCUT2D eigenvalue weighted by Crippen LogP contribution is -2.28. The van der Waals surface area contributed by atoms with Crippen molar-refractivity contribution < 1.29 is 9.53 Å². The van der Waals surface area contributed by atoms with E-state index >= 15 is 0 Å². The summed E-state index contributed by atoms with van der Waals surface area (Å²) in [4.78, 5) is 12.6. The molecule has 0 fully saturated rings. The van der Waals surface area contributed by atoms with Gasteiger partial charge in [-0.3, -0.25) is 4.79 Å². The summed E-state index contributed by atoms with van der Waals surface area (Å²) in [6, 6.07) is 13.5. The predicted molar refractivity (Wildman–Crippen MR) is 97.7 cm³/mol. The molecular weight excluding hydrogens is 352 g/mol. The summed E-state index contributed by atoms with van der Waals surface area (Å²) >= 11 is 3.47. The standard InChI is InChI=1S/C20H17BrO2/c1-20(2)11-10-15-12-16(21)13-17(19(15)23-20)18(22)9-8-14-6-4-3-5-7-14/h3-13H,1-2H3. The van der Waals surface area contributed by atoms with Gasteiger partial charge in [0, 0.05) is 10.0 Å². The van der Waals surface area contributed by atoms with E-state index < -0.39 is 5.60 Å². The zero-order valence-electron chi connectivity index (χ0n) is 13.0. The zero-order valence-corrected chi connectivity index (χ0v) is 14.6. The van der Waals surface area contributed by atoms with E-state index in [0.29, 0.717) is 11.3 Å². The highest BCUT2D eigenvalue weighted by Gasteiger charge is 2.26. The third-order valence-corrected chi connectivity index (χ3v) is 4.06. The molecule has 23 heavy (non-hydrogen) atoms. The van der Waals surface area contributed by atoms with Crippen LogP contribution in [0.2, 0.25) is 0 Å². The van der Waals surface area contributed by atoms with Crippen molar-refractivity contribution >= 4 is 33.9 Å². The first kappa shape index (κ1) is 15.8. The molecule has 0 N–H and O–H groups in total. The topological polar surface area (TPSA) is 26.3 Å². The molecule has 1 heterocycles. The second-order valence-corrected chi connectivity index (χ2v) is 6.93. The van der Waals surface area contributed by atoms with Crippen molar-refractivity contribution in [3.8, 4) is 5.75 Å². The van der Waals surface area contributed by atoms with Gasteiger partial charge >= 0.3 is 0 Å². The Hall–Kier alpha value is -2.13. The lowest BCUT2D eigenvalue weighted by atomic mass is 9.98. The zero-order chi connectivity index (χ0) is 16.4. The maximum Gasteiger partial charge on any atom is 0.189 e. The molecular formula is C20H17BrO2. The van der Waals surface area contributed by atoms with E-state index in [4.69, 9.17) is 4.74 Å². The van der Waals surface area contributed by atoms with Gasteiger partial charge in [-0.1, -0.05) is 58.4 Å². The lowest BCUT2D eigenvalue weighted by molar-refractivity contribution is 0.103. The highest BCUT2D eigenvalue weighted by Crippen LogP contribution is 2.36. The van der Waals surface area contributed by atoms with Crippen LogP contribution >= 0.6 is 15.9 Å². The first-order valence-electron chi connectivity index (χ1n) is 7.44. The van der Waals surface area contributed by atoms with Crippen LogP contribution in [0.25, 0.3) is 12.2 Å². The molecule has 3 rings (SSSR count). The van der Waals surface area contributed by atoms with E-state index in [9.17, 15) is 4.79 Å². The minimum atomic E-state index is -0.418. The first-order valence-corrected chi connectivity index (χ1v) is 8.23. The van der Waals surface area contributed by atoms with Gasteiger partial charge in [-0.2, -0.15) is 0 Å². The highest BCUT2D eigenvalue weighted by molar-refractivity contribution is 9.10. The molecule has 0 aromatic heterocycles. The van der Waals surface area contributed by atoms with Crippen LogP contribution in [0, 0.1) is 0 Å². The van der Waals surface area contributed by atoms with Crippen molar-refractivity contribution in [1.82, 2.24) is 0 Å². The molecule has 1 aliphatic heterocycles. The SMILES string of the molecule is CC1(C)C=Cc2cc(Br)cc(C(=O)C=Cc3ccccc3)c2O1. The summed E-state index contributed by atoms with van der Waals surface area (Å²) in [6.45, 7) is 3.95. The molecule has 0 spiro atoms. The molecule has 2 aromatic rings. The van der Waals surface area contributed by atoms with Crippen molar-refractivity contribution in [3.63, 3.8) is 0 Å². The van der Waals surface area contributed by atoms with E-state index in [-0.39, 0.29) is 5.78 Å². The molecule has 0 aliphatic carbocycles. The lowest BCUT2D eigenvalue weighted by Gasteiger charge is -2.29. The Morgan fingerprint density at radius 2 is 1.91 bits per heavy atom. The number of ketones is 1. The number of benzene rings is 2. The molecule has 2 aromatic carbocycles. The normalized spacial score (nSPS) is 15.3. The summed E-state index contributed by atoms with van der Waals surface area (Å²) in [5.74, 6) is 0.570. The van der Waals surface area contributed by atoms with Crippen molar-refractivity contribution in [1.29, 1.82) is 0 Å². The summed E-state index contributed by atoms with van der Waals surface area (Å²) in [7, 11) is 0. The van der Waals surface area contributed by atoms with E-state index in [2.05, 4.69) is 15.9 Å². The molecule has 0 bridgehead atoms. The van der Waals surface area contributed by atoms with Crippen LogP contribution in [-0.4, -0.2) is 11.4 Å². The molecule has 3 heteroatoms. The second kappa shape index (κ2) is 6.17. The van der Waals surface area contributed by atoms with Crippen molar-refractivity contribution in [3.05, 3.63) is 75.8 Å². The Bertz CT molecular complexity index is 802. The van der Waals surface area contributed by atoms with Gasteiger partial charge in [0.25, 0.3) is 0 Å². The first-order chi connectivity index (χ1) is 10.9. The van der Waals surface area contributed by atoms with E-state index in [0.717, 1.165) is 15.6 Å². The van der Waals surface area contributed by atoms with Crippen molar-refractivity contribution in [2.45, 2.75) is 19.4 Å². The predicted octanol–water partition coefficient (Wildman–Crippen LogP) is 5.53. The third kappa shape index (κ3) is 3.62. The van der Waals surface area contributed by atoms with Crippen LogP contribution in [0.3, 0.4) is 0 Å². The summed E-state index contributed by atoms with van der Waals surface area (Å²) in [5, 5.41) is 0. The number of hydrogen-bond acceptors (Lipinski definition) is 2. The van der Waals surface area contributed by atoms with Crippen molar-refractivity contribution in [2.24, 2.45) is 0 Å². The fourth-order valence-electron chi connectivity index (χ4n) is 2.45. The molecule has 0 amide bonds. The minimum absolute atomic E-state index is 0.0718. The molecule has 1 aliphatic rings. The Labute approximate surface area is 144 Å². The fourth-order valence-corrected chi connectivity index (χ4v) is 2.92. The van der Waals surface area contributed by atoms with Crippen molar-refractivity contribution in [2.75, 3.05) is 0 Å². The molecule has 0 unspecified atom stereocenters. The average Bonchev–Trinajstić information content (AvgIpc) is 2.53. The number of fused-ring (bicyclic) bond motifs is 1. The van der Waals surface area contributed by atoms with Crippen LogP contribution in [-0.2, 0) is 0 Å². The Morgan fingerprint density at radius 1 is 1.17 bits per heavy atom. The highest BCUT2D eigenvalue weighted by atomic mass is 79.9. The van der Waals surface area contributed by atoms with E-state index in [1.54, 1.807) is 6.08 Å². The Kier molecular flexibility index (Phi) is 4.22. The van der Waals surface area contributed by atoms with Crippen LogP contribution in [0.1, 0.15) is 35.3 Å². The number of allylic oxidation sites excluding steroid dienone is 1. The Morgan fingerprint density at radius 3 is 2.65 bits per heavy atom. The number of hydrogen-bond donors (Lipinski definition) is 0. The van der Waals surface area contributed by atoms with Gasteiger partial charge in [0.2, 0.25) is 0 Å². The van der Waals surface area contributed by atoms with Gasteiger partial charge in [-0.05, 0) is 43.7 Å². The van der Waals surface area contributed by atoms with Gasteiger partial charge in [0.1, 0.15) is 11.4 Å². The van der Waals surface area contributed by atoms with E-state index in [1.165, 1.54) is 0 Å². The van der Waals surface area contributed by atoms with Gasteiger partial charge in [0.05, 0.1) is 5.56 Å². The number of carbonyl (C=O) groups is 1. The summed E-state index contributed by atoms with van der Waals surface area (Å²) < 4.78 is 6.88. The fraction of sp³-hybridized carbons (Fsp3) is 0.150. The van der Waals surface area contributed by atoms with Crippen LogP contribution < -0.4 is 4.74 Å². The largest absolute Gasteiger partial charge is 0.482 e. The molecule has 116 valence electrons. The van der Waals surface area contributed by atoms with Crippen LogP contribution in [0.15, 0.2) is 59.1 Å². The van der Waals surface area contributed by atoms with Gasteiger partial charge < -0.3 is 4.74 Å². The number of ether oxygens (including phenoxy) is 1. The molecule has 0 saturated carbocycles. The quantitative estimate of drug-likeness (QED) is 0.525. The maximum absolute atomic E-state index is 12.6. The average molecular weight is 369 g/mol. The molecule has 0 radical (unpaired) electrons. The molecule has 0 saturated heterocycles. The number of rotatable bonds is 3. The smallest absolute Gasteiger partial charge is 0.189 e. The van der Waals surface area contributed by atoms with Gasteiger partial charge in [0.15, 0.2) is 5.78 Å². The number of carbonyl (C=O) groups excluding carboxylic acids is 1. The third-order valence-electron chi connectivity index (χ3n) is 3.60. The van der Waals surface area contributed by atoms with E-state index in [1.807, 2.05) is 74.5 Å². The van der Waals surface area contributed by atoms with Crippen LogP contribution in [0.5, 0.6) is 5.75 Å². The monoisotopic (exact) mass is 368 g/mol. The summed E-state index contributed by atoms with van der Waals surface area (Å²) in [5.41, 5.74) is 2.05. The molecule has 2 nitrogen and oxygen atoms in total.